The minimum Gasteiger partial charge on any atom is -0.366 e. The molecule has 0 radical (unpaired) electrons. The number of benzene rings is 3. The van der Waals surface area contributed by atoms with Crippen LogP contribution in [0.5, 0.6) is 0 Å². The number of nitrogens with one attached hydrogen (secondary N) is 2. The van der Waals surface area contributed by atoms with E-state index in [-0.39, 0.29) is 41.4 Å². The second kappa shape index (κ2) is 11.8. The number of hydrogen-bond donors (Lipinski definition) is 2. The maximum absolute atomic E-state index is 15.3. The van der Waals surface area contributed by atoms with Crippen LogP contribution >= 0.6 is 23.7 Å². The predicted octanol–water partition coefficient (Wildman–Crippen LogP) is 6.74. The van der Waals surface area contributed by atoms with Gasteiger partial charge in [-0.25, -0.2) is 8.78 Å². The first kappa shape index (κ1) is 27.2. The molecule has 1 saturated heterocycles. The van der Waals surface area contributed by atoms with Gasteiger partial charge in [-0.2, -0.15) is 5.21 Å². The molecule has 39 heavy (non-hydrogen) atoms. The summed E-state index contributed by atoms with van der Waals surface area (Å²) in [4.78, 5) is 1.84. The van der Waals surface area contributed by atoms with E-state index in [0.29, 0.717) is 19.0 Å². The van der Waals surface area contributed by atoms with Gasteiger partial charge in [0, 0.05) is 35.3 Å². The van der Waals surface area contributed by atoms with Gasteiger partial charge in [0.25, 0.3) is 0 Å². The molecule has 5 aromatic rings. The lowest BCUT2D eigenvalue weighted by molar-refractivity contribution is 0.322. The van der Waals surface area contributed by atoms with Crippen LogP contribution in [0.1, 0.15) is 36.4 Å². The van der Waals surface area contributed by atoms with Crippen LogP contribution in [0.15, 0.2) is 72.1 Å². The van der Waals surface area contributed by atoms with Crippen LogP contribution in [-0.4, -0.2) is 40.3 Å². The Labute approximate surface area is 235 Å². The Morgan fingerprint density at radius 3 is 2.56 bits per heavy atom. The number of rotatable bonds is 7. The molecule has 0 bridgehead atoms. The fourth-order valence-electron chi connectivity index (χ4n) is 5.58. The van der Waals surface area contributed by atoms with Gasteiger partial charge in [-0.3, -0.25) is 0 Å². The van der Waals surface area contributed by atoms with Crippen LogP contribution in [0.3, 0.4) is 0 Å². The van der Waals surface area contributed by atoms with Gasteiger partial charge in [-0.05, 0) is 71.1 Å². The number of hydrogen-bond acceptors (Lipinski definition) is 6. The molecule has 10 heteroatoms. The number of H-pyrrole nitrogens is 1. The number of anilines is 1. The summed E-state index contributed by atoms with van der Waals surface area (Å²) in [5.74, 6) is -0.628. The molecule has 2 aromatic heterocycles. The van der Waals surface area contributed by atoms with Gasteiger partial charge in [-0.1, -0.05) is 48.5 Å². The average molecular weight is 567 g/mol. The normalized spacial score (nSPS) is 18.2. The molecule has 0 aliphatic carbocycles. The molecule has 3 heterocycles. The third kappa shape index (κ3) is 5.52. The van der Waals surface area contributed by atoms with Gasteiger partial charge >= 0.3 is 0 Å². The molecular formula is C29H29ClF2N6S. The van der Waals surface area contributed by atoms with Crippen molar-refractivity contribution in [1.29, 1.82) is 0 Å². The maximum Gasteiger partial charge on any atom is 0.204 e. The molecule has 0 saturated carbocycles. The van der Waals surface area contributed by atoms with E-state index in [1.165, 1.54) is 33.3 Å². The summed E-state index contributed by atoms with van der Waals surface area (Å²) < 4.78 is 31.8. The summed E-state index contributed by atoms with van der Waals surface area (Å²) in [6, 6.07) is 21.5. The minimum atomic E-state index is -0.619. The Balaban J connectivity index is 0.00000308. The van der Waals surface area contributed by atoms with E-state index in [1.807, 2.05) is 23.1 Å². The van der Waals surface area contributed by atoms with Crippen molar-refractivity contribution in [3.63, 3.8) is 0 Å². The van der Waals surface area contributed by atoms with Crippen molar-refractivity contribution in [3.8, 4) is 11.4 Å². The first-order chi connectivity index (χ1) is 18.6. The number of halogens is 3. The summed E-state index contributed by atoms with van der Waals surface area (Å²) in [7, 11) is 0. The Morgan fingerprint density at radius 2 is 1.82 bits per heavy atom. The van der Waals surface area contributed by atoms with Crippen molar-refractivity contribution in [2.24, 2.45) is 5.92 Å². The van der Waals surface area contributed by atoms with Crippen LogP contribution in [0.2, 0.25) is 0 Å². The number of piperidine rings is 1. The number of aromatic amines is 1. The van der Waals surface area contributed by atoms with E-state index in [9.17, 15) is 0 Å². The summed E-state index contributed by atoms with van der Waals surface area (Å²) in [5, 5.41) is 20.8. The van der Waals surface area contributed by atoms with Crippen molar-refractivity contribution < 1.29 is 8.78 Å². The lowest BCUT2D eigenvalue weighted by Gasteiger charge is -2.41. The highest BCUT2D eigenvalue weighted by Gasteiger charge is 2.33. The molecule has 1 aliphatic heterocycles. The lowest BCUT2D eigenvalue weighted by Crippen LogP contribution is -2.43. The Kier molecular flexibility index (Phi) is 8.20. The van der Waals surface area contributed by atoms with Gasteiger partial charge in [0.1, 0.15) is 17.3 Å². The van der Waals surface area contributed by atoms with Crippen molar-refractivity contribution in [1.82, 2.24) is 25.9 Å². The maximum atomic E-state index is 15.3. The monoisotopic (exact) mass is 566 g/mol. The second-order valence-electron chi connectivity index (χ2n) is 9.85. The van der Waals surface area contributed by atoms with Crippen LogP contribution in [0.25, 0.3) is 21.5 Å². The quantitative estimate of drug-likeness (QED) is 0.228. The first-order valence-electron chi connectivity index (χ1n) is 12.8. The van der Waals surface area contributed by atoms with Crippen molar-refractivity contribution in [2.75, 3.05) is 24.5 Å². The SMILES string of the molecule is C[C@@H](NCC1CCN(c2c(F)cc(-c3nn[nH]n3)cc2F)CC1c1ccccc1)c1csc2ccccc12.Cl. The molecule has 202 valence electrons. The fraction of sp³-hybridized carbons (Fsp3) is 0.276. The molecule has 0 spiro atoms. The zero-order chi connectivity index (χ0) is 26.1. The summed E-state index contributed by atoms with van der Waals surface area (Å²) in [6.45, 7) is 4.13. The predicted molar refractivity (Wildman–Crippen MR) is 155 cm³/mol. The van der Waals surface area contributed by atoms with E-state index in [2.05, 4.69) is 74.6 Å². The topological polar surface area (TPSA) is 69.7 Å². The van der Waals surface area contributed by atoms with Gasteiger partial charge in [0.15, 0.2) is 0 Å². The van der Waals surface area contributed by atoms with Gasteiger partial charge in [0.05, 0.1) is 0 Å². The van der Waals surface area contributed by atoms with E-state index >= 15 is 8.78 Å². The smallest absolute Gasteiger partial charge is 0.204 e. The zero-order valence-electron chi connectivity index (χ0n) is 21.3. The third-order valence-corrected chi connectivity index (χ3v) is 8.57. The largest absolute Gasteiger partial charge is 0.366 e. The van der Waals surface area contributed by atoms with Crippen LogP contribution in [0.4, 0.5) is 14.5 Å². The number of aromatic nitrogens is 4. The number of nitrogens with zero attached hydrogens (tertiary/aromatic N) is 4. The van der Waals surface area contributed by atoms with Crippen molar-refractivity contribution in [2.45, 2.75) is 25.3 Å². The number of tetrazole rings is 1. The third-order valence-electron chi connectivity index (χ3n) is 7.58. The molecule has 2 N–H and O–H groups in total. The van der Waals surface area contributed by atoms with E-state index in [1.54, 1.807) is 11.3 Å². The summed E-state index contributed by atoms with van der Waals surface area (Å²) in [5.41, 5.74) is 2.75. The molecule has 3 aromatic carbocycles. The van der Waals surface area contributed by atoms with E-state index in [4.69, 9.17) is 0 Å². The summed E-state index contributed by atoms with van der Waals surface area (Å²) in [6.07, 6.45) is 0.815. The Hall–Kier alpha value is -3.40. The van der Waals surface area contributed by atoms with Crippen molar-refractivity contribution >= 4 is 39.5 Å². The molecule has 6 rings (SSSR count). The van der Waals surface area contributed by atoms with Gasteiger partial charge < -0.3 is 10.2 Å². The van der Waals surface area contributed by atoms with Gasteiger partial charge in [0.2, 0.25) is 5.82 Å². The highest BCUT2D eigenvalue weighted by molar-refractivity contribution is 7.17. The average Bonchev–Trinajstić information content (AvgIpc) is 3.63. The Morgan fingerprint density at radius 1 is 1.08 bits per heavy atom. The molecular weight excluding hydrogens is 538 g/mol. The van der Waals surface area contributed by atoms with Crippen LogP contribution in [-0.2, 0) is 0 Å². The first-order valence-corrected chi connectivity index (χ1v) is 13.7. The zero-order valence-corrected chi connectivity index (χ0v) is 23.0. The molecule has 1 fully saturated rings. The van der Waals surface area contributed by atoms with E-state index in [0.717, 1.165) is 13.0 Å². The standard InChI is InChI=1S/C29H28F2N6S.ClH/c1-18(24-17-38-27-10-6-5-9-22(24)27)32-15-20-11-12-37(16-23(20)19-7-3-2-4-8-19)28-25(30)13-21(14-26(28)31)29-33-35-36-34-29;/h2-10,13-14,17-18,20,23,32H,11-12,15-16H2,1H3,(H,33,34,35,36);1H/t18-,20?,23?;/m1./s1. The molecule has 2 unspecified atom stereocenters. The van der Waals surface area contributed by atoms with Crippen molar-refractivity contribution in [3.05, 3.63) is 94.9 Å². The lowest BCUT2D eigenvalue weighted by atomic mass is 9.80. The van der Waals surface area contributed by atoms with E-state index < -0.39 is 11.6 Å². The molecule has 6 nitrogen and oxygen atoms in total. The number of thiophene rings is 1. The van der Waals surface area contributed by atoms with Gasteiger partial charge in [-0.15, -0.1) is 33.9 Å². The second-order valence-corrected chi connectivity index (χ2v) is 10.8. The van der Waals surface area contributed by atoms with Crippen LogP contribution < -0.4 is 10.2 Å². The molecule has 0 amide bonds. The highest BCUT2D eigenvalue weighted by Crippen LogP contribution is 2.38. The highest BCUT2D eigenvalue weighted by atomic mass is 35.5. The molecule has 1 aliphatic rings. The molecule has 3 atom stereocenters. The van der Waals surface area contributed by atoms with Crippen LogP contribution in [0, 0.1) is 17.6 Å². The fourth-order valence-corrected chi connectivity index (χ4v) is 6.63. The Bertz CT molecular complexity index is 1500. The number of fused-ring (bicyclic) bond motifs is 1. The summed E-state index contributed by atoms with van der Waals surface area (Å²) >= 11 is 1.77. The minimum absolute atomic E-state index is 0.